The normalized spacial score (nSPS) is 20.6. The van der Waals surface area contributed by atoms with E-state index in [-0.39, 0.29) is 16.7 Å². The number of aromatic nitrogens is 2. The number of aromatic amines is 1. The zero-order chi connectivity index (χ0) is 21.9. The van der Waals surface area contributed by atoms with Gasteiger partial charge >= 0.3 is 6.03 Å². The van der Waals surface area contributed by atoms with E-state index in [1.54, 1.807) is 18.5 Å². The van der Waals surface area contributed by atoms with Crippen molar-refractivity contribution in [2.45, 2.75) is 18.2 Å². The lowest BCUT2D eigenvalue weighted by Crippen LogP contribution is -2.60. The minimum Gasteiger partial charge on any atom is -0.494 e. The molecule has 3 aromatic rings. The van der Waals surface area contributed by atoms with E-state index in [4.69, 9.17) is 16.3 Å². The smallest absolute Gasteiger partial charge is 0.329 e. The summed E-state index contributed by atoms with van der Waals surface area (Å²) in [5.41, 5.74) is 2.60. The Morgan fingerprint density at radius 1 is 1.29 bits per heavy atom. The van der Waals surface area contributed by atoms with Crippen LogP contribution in [0.5, 0.6) is 5.75 Å². The van der Waals surface area contributed by atoms with Crippen molar-refractivity contribution in [1.29, 1.82) is 0 Å². The third kappa shape index (κ3) is 3.07. The molecule has 2 aliphatic rings. The highest BCUT2D eigenvalue weighted by Gasteiger charge is 2.46. The number of imide groups is 1. The second-order valence-corrected chi connectivity index (χ2v) is 8.83. The number of hydrogen-bond donors (Lipinski definition) is 2. The molecule has 0 aliphatic carbocycles. The fourth-order valence-corrected chi connectivity index (χ4v) is 5.51. The first-order chi connectivity index (χ1) is 14.9. The van der Waals surface area contributed by atoms with Gasteiger partial charge in [-0.2, -0.15) is 0 Å². The summed E-state index contributed by atoms with van der Waals surface area (Å²) < 4.78 is 19.0. The molecule has 0 radical (unpaired) electrons. The van der Waals surface area contributed by atoms with E-state index in [1.807, 2.05) is 6.92 Å². The molecule has 2 aliphatic heterocycles. The van der Waals surface area contributed by atoms with Crippen LogP contribution in [0.2, 0.25) is 5.02 Å². The number of anilines is 1. The van der Waals surface area contributed by atoms with E-state index in [0.29, 0.717) is 16.2 Å². The molecule has 2 atom stereocenters. The summed E-state index contributed by atoms with van der Waals surface area (Å²) in [6.07, 6.45) is 6.73. The molecule has 3 amide bonds. The van der Waals surface area contributed by atoms with Crippen LogP contribution < -0.4 is 15.0 Å². The number of benzene rings is 1. The molecule has 1 saturated heterocycles. The summed E-state index contributed by atoms with van der Waals surface area (Å²) in [7, 11) is 1.37. The van der Waals surface area contributed by atoms with Crippen molar-refractivity contribution < 1.29 is 18.7 Å². The summed E-state index contributed by atoms with van der Waals surface area (Å²) >= 11 is 7.52. The van der Waals surface area contributed by atoms with Crippen LogP contribution in [0.4, 0.5) is 14.9 Å². The lowest BCUT2D eigenvalue weighted by molar-refractivity contribution is -0.118. The molecule has 0 saturated carbocycles. The van der Waals surface area contributed by atoms with Crippen LogP contribution >= 0.6 is 23.4 Å². The Balaban J connectivity index is 1.51. The third-order valence-corrected chi connectivity index (χ3v) is 7.05. The summed E-state index contributed by atoms with van der Waals surface area (Å²) in [6.45, 7) is 1.89. The number of aryl methyl sites for hydroxylation is 1. The van der Waals surface area contributed by atoms with Crippen LogP contribution in [0.1, 0.15) is 11.1 Å². The molecule has 2 N–H and O–H groups in total. The molecule has 0 bridgehead atoms. The number of carbonyl (C=O) groups excluding carboxylic acids is 2. The van der Waals surface area contributed by atoms with Gasteiger partial charge in [0.25, 0.3) is 5.91 Å². The number of nitrogens with one attached hydrogen (secondary N) is 2. The largest absolute Gasteiger partial charge is 0.494 e. The van der Waals surface area contributed by atoms with Crippen LogP contribution in [0.25, 0.3) is 15.8 Å². The second-order valence-electron chi connectivity index (χ2n) is 7.24. The maximum absolute atomic E-state index is 13.9. The van der Waals surface area contributed by atoms with Gasteiger partial charge < -0.3 is 15.0 Å². The minimum atomic E-state index is -0.589. The number of halogens is 2. The van der Waals surface area contributed by atoms with Crippen molar-refractivity contribution >= 4 is 56.8 Å². The molecule has 5 rings (SSSR count). The summed E-state index contributed by atoms with van der Waals surface area (Å²) in [4.78, 5) is 35.3. The van der Waals surface area contributed by atoms with Crippen LogP contribution in [-0.2, 0) is 4.79 Å². The van der Waals surface area contributed by atoms with Crippen molar-refractivity contribution in [3.63, 3.8) is 0 Å². The average molecular weight is 459 g/mol. The van der Waals surface area contributed by atoms with Gasteiger partial charge in [-0.25, -0.2) is 14.1 Å². The molecular formula is C21H16ClFN4O3S. The van der Waals surface area contributed by atoms with Gasteiger partial charge in [0, 0.05) is 22.1 Å². The molecule has 31 heavy (non-hydrogen) atoms. The summed E-state index contributed by atoms with van der Waals surface area (Å²) in [5.74, 6) is -0.881. The van der Waals surface area contributed by atoms with E-state index in [9.17, 15) is 14.0 Å². The standard InChI is InChI=1S/C21H16ClFN4O3S/c1-9-6-25-14-7-24-8-15(18(9)14)27-20(28)19-13(26-21(27)29)5-17(31-19)10-3-16(30-2)12(23)4-11(10)22/h3-8,13,19,25H,1-2H3,(H,26,29). The molecule has 0 spiro atoms. The number of amides is 3. The summed E-state index contributed by atoms with van der Waals surface area (Å²) in [5, 5.41) is 3.25. The lowest BCUT2D eigenvalue weighted by atomic mass is 10.1. The number of hydrogen-bond acceptors (Lipinski definition) is 5. The highest BCUT2D eigenvalue weighted by Crippen LogP contribution is 2.46. The van der Waals surface area contributed by atoms with Crippen LogP contribution in [-0.4, -0.2) is 40.3 Å². The molecular weight excluding hydrogens is 443 g/mol. The number of pyridine rings is 1. The Morgan fingerprint density at radius 3 is 2.87 bits per heavy atom. The topological polar surface area (TPSA) is 87.3 Å². The number of ether oxygens (including phenoxy) is 1. The summed E-state index contributed by atoms with van der Waals surface area (Å²) in [6, 6.07) is 1.63. The molecule has 2 aromatic heterocycles. The Morgan fingerprint density at radius 2 is 2.10 bits per heavy atom. The Bertz CT molecular complexity index is 1290. The van der Waals surface area contributed by atoms with Crippen molar-refractivity contribution in [3.05, 3.63) is 58.8 Å². The minimum absolute atomic E-state index is 0.0495. The van der Waals surface area contributed by atoms with Gasteiger partial charge in [-0.3, -0.25) is 9.78 Å². The van der Waals surface area contributed by atoms with Crippen molar-refractivity contribution in [2.24, 2.45) is 0 Å². The van der Waals surface area contributed by atoms with E-state index in [1.165, 1.54) is 37.2 Å². The Labute approximate surface area is 185 Å². The first kappa shape index (κ1) is 19.9. The highest BCUT2D eigenvalue weighted by molar-refractivity contribution is 8.09. The molecule has 1 aromatic carbocycles. The van der Waals surface area contributed by atoms with Crippen LogP contribution in [0.3, 0.4) is 0 Å². The van der Waals surface area contributed by atoms with Gasteiger partial charge in [-0.05, 0) is 30.7 Å². The van der Waals surface area contributed by atoms with Crippen molar-refractivity contribution in [2.75, 3.05) is 12.0 Å². The lowest BCUT2D eigenvalue weighted by Gasteiger charge is -2.33. The van der Waals surface area contributed by atoms with Crippen LogP contribution in [0, 0.1) is 12.7 Å². The van der Waals surface area contributed by atoms with Gasteiger partial charge in [0.1, 0.15) is 5.25 Å². The number of carbonyl (C=O) groups is 2. The predicted octanol–water partition coefficient (Wildman–Crippen LogP) is 4.25. The molecule has 4 heterocycles. The molecule has 1 fully saturated rings. The number of nitrogens with zero attached hydrogens (tertiary/aromatic N) is 2. The van der Waals surface area contributed by atoms with Crippen molar-refractivity contribution in [1.82, 2.24) is 15.3 Å². The SMILES string of the molecule is COc1cc(C2=CC3NC(=O)N(c4cncc5[nH]cc(C)c45)C(=O)C3S2)c(Cl)cc1F. The van der Waals surface area contributed by atoms with E-state index in [0.717, 1.165) is 21.4 Å². The van der Waals surface area contributed by atoms with E-state index < -0.39 is 23.1 Å². The zero-order valence-electron chi connectivity index (χ0n) is 16.4. The maximum Gasteiger partial charge on any atom is 0.329 e. The molecule has 10 heteroatoms. The van der Waals surface area contributed by atoms with E-state index in [2.05, 4.69) is 15.3 Å². The predicted molar refractivity (Wildman–Crippen MR) is 118 cm³/mol. The monoisotopic (exact) mass is 458 g/mol. The fourth-order valence-electron chi connectivity index (χ4n) is 3.91. The zero-order valence-corrected chi connectivity index (χ0v) is 18.0. The number of H-pyrrole nitrogens is 1. The Kier molecular flexibility index (Phi) is 4.67. The van der Waals surface area contributed by atoms with Gasteiger partial charge in [-0.15, -0.1) is 11.8 Å². The highest BCUT2D eigenvalue weighted by atomic mass is 35.5. The van der Waals surface area contributed by atoms with Gasteiger partial charge in [0.05, 0.1) is 41.8 Å². The van der Waals surface area contributed by atoms with Gasteiger partial charge in [-0.1, -0.05) is 11.6 Å². The number of thioether (sulfide) groups is 1. The van der Waals surface area contributed by atoms with Gasteiger partial charge in [0.15, 0.2) is 11.6 Å². The first-order valence-electron chi connectivity index (χ1n) is 9.37. The number of methoxy groups -OCH3 is 1. The quantitative estimate of drug-likeness (QED) is 0.612. The molecule has 7 nitrogen and oxygen atoms in total. The Hall–Kier alpha value is -3.04. The second kappa shape index (κ2) is 7.28. The number of fused-ring (bicyclic) bond motifs is 2. The average Bonchev–Trinajstić information content (AvgIpc) is 3.32. The fraction of sp³-hybridized carbons (Fsp3) is 0.190. The first-order valence-corrected chi connectivity index (χ1v) is 10.6. The number of urea groups is 1. The number of rotatable bonds is 3. The van der Waals surface area contributed by atoms with E-state index >= 15 is 0 Å². The third-order valence-electron chi connectivity index (χ3n) is 5.38. The van der Waals surface area contributed by atoms with Crippen LogP contribution in [0.15, 0.2) is 36.8 Å². The van der Waals surface area contributed by atoms with Crippen molar-refractivity contribution in [3.8, 4) is 5.75 Å². The van der Waals surface area contributed by atoms with Gasteiger partial charge in [0.2, 0.25) is 0 Å². The molecule has 2 unspecified atom stereocenters. The molecule has 158 valence electrons. The maximum atomic E-state index is 13.9.